The lowest BCUT2D eigenvalue weighted by Gasteiger charge is -2.15. The molecule has 0 radical (unpaired) electrons. The van der Waals surface area contributed by atoms with E-state index in [0.29, 0.717) is 5.56 Å². The molecule has 17 heavy (non-hydrogen) atoms. The molecule has 6 heteroatoms. The molecule has 0 N–H and O–H groups in total. The molecule has 1 aliphatic rings. The van der Waals surface area contributed by atoms with E-state index in [-0.39, 0.29) is 16.1 Å². The number of nitro groups is 1. The van der Waals surface area contributed by atoms with Gasteiger partial charge in [0.1, 0.15) is 4.47 Å². The maximum atomic E-state index is 12.1. The minimum Gasteiger partial charge on any atom is -0.339 e. The SMILES string of the molecule is O=C(c1cccc([N+](=O)[O-])c1Br)N1CCCC1. The molecule has 0 unspecified atom stereocenters. The van der Waals surface area contributed by atoms with Crippen molar-refractivity contribution < 1.29 is 9.72 Å². The number of nitro benzene ring substituents is 1. The Morgan fingerprint density at radius 1 is 1.35 bits per heavy atom. The van der Waals surface area contributed by atoms with Gasteiger partial charge in [0.2, 0.25) is 0 Å². The highest BCUT2D eigenvalue weighted by Gasteiger charge is 2.24. The van der Waals surface area contributed by atoms with E-state index < -0.39 is 4.92 Å². The van der Waals surface area contributed by atoms with Crippen molar-refractivity contribution in [1.82, 2.24) is 4.90 Å². The van der Waals surface area contributed by atoms with E-state index in [9.17, 15) is 14.9 Å². The first-order chi connectivity index (χ1) is 8.11. The van der Waals surface area contributed by atoms with Crippen LogP contribution in [-0.2, 0) is 0 Å². The molecule has 1 aliphatic heterocycles. The molecule has 90 valence electrons. The molecular formula is C11H11BrN2O3. The number of carbonyl (C=O) groups is 1. The van der Waals surface area contributed by atoms with E-state index in [4.69, 9.17) is 0 Å². The fourth-order valence-electron chi connectivity index (χ4n) is 1.92. The molecule has 0 aromatic heterocycles. The predicted molar refractivity (Wildman–Crippen MR) is 65.9 cm³/mol. The summed E-state index contributed by atoms with van der Waals surface area (Å²) in [5, 5.41) is 10.8. The molecule has 0 aliphatic carbocycles. The fourth-order valence-corrected chi connectivity index (χ4v) is 2.50. The molecule has 1 saturated heterocycles. The van der Waals surface area contributed by atoms with Gasteiger partial charge in [0.25, 0.3) is 11.6 Å². The van der Waals surface area contributed by atoms with Crippen LogP contribution in [0.25, 0.3) is 0 Å². The minimum atomic E-state index is -0.495. The fraction of sp³-hybridized carbons (Fsp3) is 0.364. The highest BCUT2D eigenvalue weighted by Crippen LogP contribution is 2.29. The van der Waals surface area contributed by atoms with Crippen molar-refractivity contribution in [3.8, 4) is 0 Å². The second kappa shape index (κ2) is 4.83. The van der Waals surface area contributed by atoms with Crippen molar-refractivity contribution in [2.75, 3.05) is 13.1 Å². The van der Waals surface area contributed by atoms with Crippen LogP contribution in [0.1, 0.15) is 23.2 Å². The van der Waals surface area contributed by atoms with Crippen LogP contribution in [0.4, 0.5) is 5.69 Å². The van der Waals surface area contributed by atoms with Gasteiger partial charge in [-0.15, -0.1) is 0 Å². The quantitative estimate of drug-likeness (QED) is 0.623. The first-order valence-electron chi connectivity index (χ1n) is 5.33. The Bertz CT molecular complexity index is 470. The Balaban J connectivity index is 2.35. The molecule has 0 atom stereocenters. The van der Waals surface area contributed by atoms with Gasteiger partial charge in [0, 0.05) is 19.2 Å². The van der Waals surface area contributed by atoms with Crippen LogP contribution in [0, 0.1) is 10.1 Å². The van der Waals surface area contributed by atoms with Crippen molar-refractivity contribution in [3.05, 3.63) is 38.3 Å². The number of rotatable bonds is 2. The van der Waals surface area contributed by atoms with Gasteiger partial charge in [-0.3, -0.25) is 14.9 Å². The third-order valence-corrected chi connectivity index (χ3v) is 3.63. The standard InChI is InChI=1S/C11H11BrN2O3/c12-10-8(4-3-5-9(10)14(16)17)11(15)13-6-1-2-7-13/h3-5H,1-2,6-7H2. The van der Waals surface area contributed by atoms with Gasteiger partial charge in [-0.25, -0.2) is 0 Å². The van der Waals surface area contributed by atoms with Gasteiger partial charge in [-0.05, 0) is 34.8 Å². The van der Waals surface area contributed by atoms with Crippen LogP contribution in [0.15, 0.2) is 22.7 Å². The zero-order valence-electron chi connectivity index (χ0n) is 9.06. The Kier molecular flexibility index (Phi) is 3.42. The zero-order chi connectivity index (χ0) is 12.4. The van der Waals surface area contributed by atoms with Gasteiger partial charge in [0.15, 0.2) is 0 Å². The Morgan fingerprint density at radius 3 is 2.59 bits per heavy atom. The summed E-state index contributed by atoms with van der Waals surface area (Å²) < 4.78 is 0.266. The van der Waals surface area contributed by atoms with E-state index in [2.05, 4.69) is 15.9 Å². The molecule has 5 nitrogen and oxygen atoms in total. The van der Waals surface area contributed by atoms with E-state index >= 15 is 0 Å². The summed E-state index contributed by atoms with van der Waals surface area (Å²) >= 11 is 3.14. The average Bonchev–Trinajstić information content (AvgIpc) is 2.81. The molecule has 0 saturated carbocycles. The van der Waals surface area contributed by atoms with E-state index in [0.717, 1.165) is 25.9 Å². The average molecular weight is 299 g/mol. The number of amides is 1. The number of halogens is 1. The number of carbonyl (C=O) groups excluding carboxylic acids is 1. The lowest BCUT2D eigenvalue weighted by molar-refractivity contribution is -0.385. The maximum absolute atomic E-state index is 12.1. The van der Waals surface area contributed by atoms with Crippen LogP contribution in [0.5, 0.6) is 0 Å². The predicted octanol–water partition coefficient (Wildman–Crippen LogP) is 2.59. The summed E-state index contributed by atoms with van der Waals surface area (Å²) in [6, 6.07) is 4.52. The summed E-state index contributed by atoms with van der Waals surface area (Å²) in [5.41, 5.74) is 0.288. The van der Waals surface area contributed by atoms with Gasteiger partial charge < -0.3 is 4.90 Å². The van der Waals surface area contributed by atoms with Crippen LogP contribution in [-0.4, -0.2) is 28.8 Å². The smallest absolute Gasteiger partial charge is 0.284 e. The first kappa shape index (κ1) is 12.0. The van der Waals surface area contributed by atoms with Crippen molar-refractivity contribution >= 4 is 27.5 Å². The normalized spacial score (nSPS) is 15.0. The Morgan fingerprint density at radius 2 is 2.00 bits per heavy atom. The van der Waals surface area contributed by atoms with E-state index in [1.165, 1.54) is 12.1 Å². The zero-order valence-corrected chi connectivity index (χ0v) is 10.6. The summed E-state index contributed by atoms with van der Waals surface area (Å²) in [6.07, 6.45) is 2.00. The van der Waals surface area contributed by atoms with Gasteiger partial charge >= 0.3 is 0 Å². The van der Waals surface area contributed by atoms with Gasteiger partial charge in [-0.1, -0.05) is 6.07 Å². The van der Waals surface area contributed by atoms with Crippen molar-refractivity contribution in [3.63, 3.8) is 0 Å². The largest absolute Gasteiger partial charge is 0.339 e. The highest BCUT2D eigenvalue weighted by molar-refractivity contribution is 9.10. The summed E-state index contributed by atoms with van der Waals surface area (Å²) in [4.78, 5) is 24.1. The molecule has 2 rings (SSSR count). The highest BCUT2D eigenvalue weighted by atomic mass is 79.9. The summed E-state index contributed by atoms with van der Waals surface area (Å²) in [5.74, 6) is -0.141. The number of hydrogen-bond donors (Lipinski definition) is 0. The van der Waals surface area contributed by atoms with Crippen molar-refractivity contribution in [2.45, 2.75) is 12.8 Å². The lowest BCUT2D eigenvalue weighted by atomic mass is 10.2. The van der Waals surface area contributed by atoms with Gasteiger partial charge in [0.05, 0.1) is 10.5 Å². The number of likely N-dealkylation sites (tertiary alicyclic amines) is 1. The molecule has 1 fully saturated rings. The van der Waals surface area contributed by atoms with Crippen LogP contribution in [0.3, 0.4) is 0 Å². The summed E-state index contributed by atoms with van der Waals surface area (Å²) in [6.45, 7) is 1.46. The second-order valence-electron chi connectivity index (χ2n) is 3.90. The molecule has 1 aromatic rings. The third kappa shape index (κ3) is 2.31. The number of nitrogens with zero attached hydrogens (tertiary/aromatic N) is 2. The topological polar surface area (TPSA) is 63.4 Å². The lowest BCUT2D eigenvalue weighted by Crippen LogP contribution is -2.27. The van der Waals surface area contributed by atoms with E-state index in [1.807, 2.05) is 0 Å². The molecule has 0 bridgehead atoms. The Hall–Kier alpha value is -1.43. The minimum absolute atomic E-state index is 0.0740. The van der Waals surface area contributed by atoms with Crippen LogP contribution in [0.2, 0.25) is 0 Å². The monoisotopic (exact) mass is 298 g/mol. The first-order valence-corrected chi connectivity index (χ1v) is 6.12. The van der Waals surface area contributed by atoms with Crippen molar-refractivity contribution in [1.29, 1.82) is 0 Å². The molecular weight excluding hydrogens is 288 g/mol. The van der Waals surface area contributed by atoms with Gasteiger partial charge in [-0.2, -0.15) is 0 Å². The maximum Gasteiger partial charge on any atom is 0.284 e. The van der Waals surface area contributed by atoms with Crippen LogP contribution >= 0.6 is 15.9 Å². The second-order valence-corrected chi connectivity index (χ2v) is 4.69. The number of hydrogen-bond acceptors (Lipinski definition) is 3. The van der Waals surface area contributed by atoms with Crippen molar-refractivity contribution in [2.24, 2.45) is 0 Å². The molecule has 0 spiro atoms. The Labute approximate surface area is 107 Å². The molecule has 1 aromatic carbocycles. The number of benzene rings is 1. The van der Waals surface area contributed by atoms with E-state index in [1.54, 1.807) is 11.0 Å². The third-order valence-electron chi connectivity index (χ3n) is 2.80. The molecule has 1 amide bonds. The van der Waals surface area contributed by atoms with Crippen LogP contribution < -0.4 is 0 Å². The molecule has 1 heterocycles. The summed E-state index contributed by atoms with van der Waals surface area (Å²) in [7, 11) is 0.